The lowest BCUT2D eigenvalue weighted by Gasteiger charge is -2.11. The summed E-state index contributed by atoms with van der Waals surface area (Å²) in [6.07, 6.45) is 3.60. The monoisotopic (exact) mass is 261 g/mol. The molecule has 19 heavy (non-hydrogen) atoms. The minimum atomic E-state index is 0.427. The number of nitrogens with one attached hydrogen (secondary N) is 1. The van der Waals surface area contributed by atoms with Crippen molar-refractivity contribution in [3.8, 4) is 5.88 Å². The van der Waals surface area contributed by atoms with Crippen LogP contribution in [-0.4, -0.2) is 21.4 Å². The van der Waals surface area contributed by atoms with Crippen molar-refractivity contribution in [2.24, 2.45) is 13.0 Å². The van der Waals surface area contributed by atoms with Crippen LogP contribution in [0.25, 0.3) is 0 Å². The first-order chi connectivity index (χ1) is 9.04. The number of ether oxygens (including phenoxy) is 1. The summed E-state index contributed by atoms with van der Waals surface area (Å²) in [7, 11) is 1.86. The molecule has 2 heterocycles. The number of rotatable bonds is 5. The molecule has 2 aromatic heterocycles. The molecule has 0 bridgehead atoms. The molecular weight excluding hydrogens is 242 g/mol. The van der Waals surface area contributed by atoms with Gasteiger partial charge in [-0.1, -0.05) is 13.8 Å². The normalized spacial score (nSPS) is 10.7. The largest absolute Gasteiger partial charge is 0.476 e. The summed E-state index contributed by atoms with van der Waals surface area (Å²) >= 11 is 0. The molecule has 0 saturated carbocycles. The highest BCUT2D eigenvalue weighted by molar-refractivity contribution is 5.59. The number of nitrogen functional groups attached to an aromatic ring is 1. The lowest BCUT2D eigenvalue weighted by Crippen LogP contribution is -2.08. The van der Waals surface area contributed by atoms with E-state index in [1.807, 2.05) is 19.3 Å². The lowest BCUT2D eigenvalue weighted by atomic mass is 10.2. The molecule has 0 aliphatic rings. The predicted molar refractivity (Wildman–Crippen MR) is 75.5 cm³/mol. The number of pyridine rings is 1. The number of hydrogen-bond acceptors (Lipinski definition) is 5. The van der Waals surface area contributed by atoms with Crippen LogP contribution in [0.2, 0.25) is 0 Å². The summed E-state index contributed by atoms with van der Waals surface area (Å²) in [5, 5.41) is 7.23. The van der Waals surface area contributed by atoms with E-state index < -0.39 is 0 Å². The Bertz CT molecular complexity index is 550. The summed E-state index contributed by atoms with van der Waals surface area (Å²) in [5.41, 5.74) is 7.25. The van der Waals surface area contributed by atoms with E-state index in [4.69, 9.17) is 10.5 Å². The van der Waals surface area contributed by atoms with Gasteiger partial charge < -0.3 is 15.8 Å². The second-order valence-corrected chi connectivity index (χ2v) is 4.82. The van der Waals surface area contributed by atoms with E-state index in [1.165, 1.54) is 0 Å². The Balaban J connectivity index is 2.11. The summed E-state index contributed by atoms with van der Waals surface area (Å²) in [5.74, 6) is 1.57. The Labute approximate surface area is 112 Å². The topological polar surface area (TPSA) is 78.0 Å². The molecule has 0 spiro atoms. The SMILES string of the molecule is CC(C)COc1nc(Nc2cnn(C)c2)ccc1N. The highest BCUT2D eigenvalue weighted by atomic mass is 16.5. The summed E-state index contributed by atoms with van der Waals surface area (Å²) in [4.78, 5) is 4.35. The molecule has 0 unspecified atom stereocenters. The Morgan fingerprint density at radius 1 is 1.42 bits per heavy atom. The Hall–Kier alpha value is -2.24. The Morgan fingerprint density at radius 2 is 2.21 bits per heavy atom. The van der Waals surface area contributed by atoms with Gasteiger partial charge in [-0.3, -0.25) is 4.68 Å². The molecule has 2 aromatic rings. The molecule has 0 aliphatic heterocycles. The fourth-order valence-corrected chi connectivity index (χ4v) is 1.52. The second kappa shape index (κ2) is 5.60. The van der Waals surface area contributed by atoms with Crippen LogP contribution in [0.3, 0.4) is 0 Å². The van der Waals surface area contributed by atoms with E-state index in [0.29, 0.717) is 29.9 Å². The zero-order valence-electron chi connectivity index (χ0n) is 11.4. The van der Waals surface area contributed by atoms with Crippen molar-refractivity contribution in [2.45, 2.75) is 13.8 Å². The van der Waals surface area contributed by atoms with E-state index in [1.54, 1.807) is 16.9 Å². The van der Waals surface area contributed by atoms with E-state index in [9.17, 15) is 0 Å². The van der Waals surface area contributed by atoms with Gasteiger partial charge in [0.1, 0.15) is 5.82 Å². The number of nitrogens with zero attached hydrogens (tertiary/aromatic N) is 3. The van der Waals surface area contributed by atoms with Gasteiger partial charge >= 0.3 is 0 Å². The lowest BCUT2D eigenvalue weighted by molar-refractivity contribution is 0.263. The second-order valence-electron chi connectivity index (χ2n) is 4.82. The van der Waals surface area contributed by atoms with Crippen molar-refractivity contribution in [3.05, 3.63) is 24.5 Å². The maximum absolute atomic E-state index is 5.84. The van der Waals surface area contributed by atoms with Crippen LogP contribution < -0.4 is 15.8 Å². The smallest absolute Gasteiger partial charge is 0.239 e. The quantitative estimate of drug-likeness (QED) is 0.862. The van der Waals surface area contributed by atoms with Crippen LogP contribution in [0.4, 0.5) is 17.2 Å². The first-order valence-corrected chi connectivity index (χ1v) is 6.19. The van der Waals surface area contributed by atoms with E-state index in [0.717, 1.165) is 5.69 Å². The van der Waals surface area contributed by atoms with Crippen molar-refractivity contribution >= 4 is 17.2 Å². The van der Waals surface area contributed by atoms with E-state index in [-0.39, 0.29) is 0 Å². The van der Waals surface area contributed by atoms with Crippen molar-refractivity contribution in [3.63, 3.8) is 0 Å². The number of anilines is 3. The van der Waals surface area contributed by atoms with Crippen molar-refractivity contribution in [1.29, 1.82) is 0 Å². The van der Waals surface area contributed by atoms with Gasteiger partial charge in [0.05, 0.1) is 24.2 Å². The molecule has 0 atom stereocenters. The Morgan fingerprint density at radius 3 is 2.84 bits per heavy atom. The maximum Gasteiger partial charge on any atom is 0.239 e. The van der Waals surface area contributed by atoms with Crippen molar-refractivity contribution in [2.75, 3.05) is 17.7 Å². The van der Waals surface area contributed by atoms with Gasteiger partial charge in [0.2, 0.25) is 5.88 Å². The number of nitrogens with two attached hydrogens (primary N) is 1. The third kappa shape index (κ3) is 3.61. The molecule has 102 valence electrons. The predicted octanol–water partition coefficient (Wildman–Crippen LogP) is 2.18. The van der Waals surface area contributed by atoms with Gasteiger partial charge in [0, 0.05) is 13.2 Å². The van der Waals surface area contributed by atoms with E-state index >= 15 is 0 Å². The molecule has 6 nitrogen and oxygen atoms in total. The number of aromatic nitrogens is 3. The standard InChI is InChI=1S/C13H19N5O/c1-9(2)8-19-13-11(14)4-5-12(17-13)16-10-6-15-18(3)7-10/h4-7,9H,8,14H2,1-3H3,(H,16,17). The maximum atomic E-state index is 5.84. The summed E-state index contributed by atoms with van der Waals surface area (Å²) < 4.78 is 7.30. The third-order valence-corrected chi connectivity index (χ3v) is 2.42. The molecule has 0 amide bonds. The van der Waals surface area contributed by atoms with Crippen LogP contribution in [-0.2, 0) is 7.05 Å². The van der Waals surface area contributed by atoms with Crippen LogP contribution in [0.15, 0.2) is 24.5 Å². The van der Waals surface area contributed by atoms with Gasteiger partial charge in [0.15, 0.2) is 0 Å². The van der Waals surface area contributed by atoms with Crippen molar-refractivity contribution < 1.29 is 4.74 Å². The highest BCUT2D eigenvalue weighted by Crippen LogP contribution is 2.23. The first-order valence-electron chi connectivity index (χ1n) is 6.19. The molecule has 6 heteroatoms. The zero-order valence-corrected chi connectivity index (χ0v) is 11.4. The summed E-state index contributed by atoms with van der Waals surface area (Å²) in [6.45, 7) is 4.75. The average Bonchev–Trinajstić information content (AvgIpc) is 2.75. The molecule has 0 aromatic carbocycles. The minimum absolute atomic E-state index is 0.427. The highest BCUT2D eigenvalue weighted by Gasteiger charge is 2.06. The molecular formula is C13H19N5O. The van der Waals surface area contributed by atoms with Gasteiger partial charge in [-0.05, 0) is 18.1 Å². The molecule has 0 radical (unpaired) electrons. The molecule has 0 fully saturated rings. The zero-order chi connectivity index (χ0) is 13.8. The molecule has 2 rings (SSSR count). The average molecular weight is 261 g/mol. The molecule has 0 aliphatic carbocycles. The number of hydrogen-bond donors (Lipinski definition) is 2. The number of aryl methyl sites for hydroxylation is 1. The van der Waals surface area contributed by atoms with Gasteiger partial charge in [-0.2, -0.15) is 10.1 Å². The van der Waals surface area contributed by atoms with Crippen LogP contribution in [0.5, 0.6) is 5.88 Å². The van der Waals surface area contributed by atoms with Gasteiger partial charge in [0.25, 0.3) is 0 Å². The third-order valence-electron chi connectivity index (χ3n) is 2.42. The van der Waals surface area contributed by atoms with Crippen molar-refractivity contribution in [1.82, 2.24) is 14.8 Å². The van der Waals surface area contributed by atoms with E-state index in [2.05, 4.69) is 29.2 Å². The molecule has 3 N–H and O–H groups in total. The minimum Gasteiger partial charge on any atom is -0.476 e. The fraction of sp³-hybridized carbons (Fsp3) is 0.385. The summed E-state index contributed by atoms with van der Waals surface area (Å²) in [6, 6.07) is 3.59. The fourth-order valence-electron chi connectivity index (χ4n) is 1.52. The Kier molecular flexibility index (Phi) is 3.89. The van der Waals surface area contributed by atoms with Crippen LogP contribution in [0, 0.1) is 5.92 Å². The van der Waals surface area contributed by atoms with Gasteiger partial charge in [-0.15, -0.1) is 0 Å². The van der Waals surface area contributed by atoms with Crippen LogP contribution in [0.1, 0.15) is 13.8 Å². The van der Waals surface area contributed by atoms with Gasteiger partial charge in [-0.25, -0.2) is 0 Å². The molecule has 0 saturated heterocycles. The first kappa shape index (κ1) is 13.2. The van der Waals surface area contributed by atoms with Crippen LogP contribution >= 0.6 is 0 Å².